The predicted octanol–water partition coefficient (Wildman–Crippen LogP) is 3.30. The quantitative estimate of drug-likeness (QED) is 0.827. The highest BCUT2D eigenvalue weighted by molar-refractivity contribution is 7.91. The van der Waals surface area contributed by atoms with E-state index in [1.54, 1.807) is 6.07 Å². The molecule has 120 valence electrons. The molecule has 1 aliphatic rings. The molecule has 0 aliphatic heterocycles. The van der Waals surface area contributed by atoms with E-state index in [2.05, 4.69) is 17.0 Å². The molecule has 0 amide bonds. The highest BCUT2D eigenvalue weighted by atomic mass is 35.5. The molecule has 0 unspecified atom stereocenters. The summed E-state index contributed by atoms with van der Waals surface area (Å²) in [5.41, 5.74) is 0.814. The largest absolute Gasteiger partial charge is 0.314 e. The first-order chi connectivity index (χ1) is 9.92. The molecule has 2 rings (SSSR count). The van der Waals surface area contributed by atoms with E-state index in [1.807, 2.05) is 6.92 Å². The van der Waals surface area contributed by atoms with Crippen LogP contribution in [-0.4, -0.2) is 27.0 Å². The molecule has 7 heteroatoms. The van der Waals surface area contributed by atoms with E-state index in [1.165, 1.54) is 0 Å². The van der Waals surface area contributed by atoms with Gasteiger partial charge in [0.15, 0.2) is 0 Å². The molecule has 0 aromatic carbocycles. The van der Waals surface area contributed by atoms with Gasteiger partial charge in [0.2, 0.25) is 10.0 Å². The van der Waals surface area contributed by atoms with Gasteiger partial charge in [0.1, 0.15) is 4.21 Å². The highest BCUT2D eigenvalue weighted by Crippen LogP contribution is 2.30. The molecule has 1 heterocycles. The van der Waals surface area contributed by atoms with Gasteiger partial charge >= 0.3 is 0 Å². The number of rotatable bonds is 6. The maximum atomic E-state index is 12.3. The van der Waals surface area contributed by atoms with Gasteiger partial charge in [-0.2, -0.15) is 0 Å². The monoisotopic (exact) mass is 350 g/mol. The highest BCUT2D eigenvalue weighted by Gasteiger charge is 2.26. The van der Waals surface area contributed by atoms with E-state index >= 15 is 0 Å². The lowest BCUT2D eigenvalue weighted by Gasteiger charge is -2.29. The molecule has 0 atom stereocenters. The molecule has 0 spiro atoms. The molecule has 1 aliphatic carbocycles. The van der Waals surface area contributed by atoms with Crippen LogP contribution in [0.25, 0.3) is 0 Å². The van der Waals surface area contributed by atoms with Gasteiger partial charge in [0.05, 0.1) is 4.34 Å². The maximum Gasteiger partial charge on any atom is 0.250 e. The van der Waals surface area contributed by atoms with Crippen LogP contribution in [0, 0.1) is 6.92 Å². The van der Waals surface area contributed by atoms with Crippen LogP contribution in [-0.2, 0) is 10.0 Å². The summed E-state index contributed by atoms with van der Waals surface area (Å²) in [6.45, 7) is 5.01. The van der Waals surface area contributed by atoms with Gasteiger partial charge in [-0.3, -0.25) is 0 Å². The average molecular weight is 351 g/mol. The van der Waals surface area contributed by atoms with Crippen molar-refractivity contribution in [1.29, 1.82) is 0 Å². The van der Waals surface area contributed by atoms with Gasteiger partial charge in [-0.25, -0.2) is 13.1 Å². The van der Waals surface area contributed by atoms with Crippen LogP contribution in [0.2, 0.25) is 4.34 Å². The van der Waals surface area contributed by atoms with Crippen LogP contribution in [0.4, 0.5) is 0 Å². The average Bonchev–Trinajstić information content (AvgIpc) is 2.78. The molecule has 0 radical (unpaired) electrons. The Hall–Kier alpha value is -0.140. The molecule has 1 saturated carbocycles. The van der Waals surface area contributed by atoms with Crippen molar-refractivity contribution in [1.82, 2.24) is 10.0 Å². The normalized spacial score (nSPS) is 23.4. The molecule has 1 aromatic rings. The van der Waals surface area contributed by atoms with Crippen molar-refractivity contribution < 1.29 is 8.42 Å². The SMILES string of the molecule is CCCNC1CCC(NS(=O)(=O)c2cc(C)c(Cl)s2)CC1. The van der Waals surface area contributed by atoms with Crippen LogP contribution in [0.5, 0.6) is 0 Å². The molecule has 1 aromatic heterocycles. The third kappa shape index (κ3) is 4.66. The molecular formula is C14H23ClN2O2S2. The minimum atomic E-state index is -3.43. The van der Waals surface area contributed by atoms with Crippen LogP contribution in [0.3, 0.4) is 0 Å². The zero-order chi connectivity index (χ0) is 15.5. The van der Waals surface area contributed by atoms with Crippen molar-refractivity contribution in [2.45, 2.75) is 62.2 Å². The Bertz CT molecular complexity index is 544. The molecular weight excluding hydrogens is 328 g/mol. The minimum Gasteiger partial charge on any atom is -0.314 e. The van der Waals surface area contributed by atoms with E-state index in [0.717, 1.165) is 55.5 Å². The summed E-state index contributed by atoms with van der Waals surface area (Å²) in [6.07, 6.45) is 4.96. The molecule has 1 fully saturated rings. The fourth-order valence-electron chi connectivity index (χ4n) is 2.61. The van der Waals surface area contributed by atoms with Crippen molar-refractivity contribution in [3.63, 3.8) is 0 Å². The van der Waals surface area contributed by atoms with E-state index in [4.69, 9.17) is 11.6 Å². The Morgan fingerprint density at radius 1 is 1.29 bits per heavy atom. The zero-order valence-corrected chi connectivity index (χ0v) is 14.9. The Kier molecular flexibility index (Phi) is 6.08. The first kappa shape index (κ1) is 17.2. The molecule has 4 nitrogen and oxygen atoms in total. The number of hydrogen-bond donors (Lipinski definition) is 2. The summed E-state index contributed by atoms with van der Waals surface area (Å²) in [5, 5.41) is 3.50. The van der Waals surface area contributed by atoms with Crippen molar-refractivity contribution in [3.8, 4) is 0 Å². The van der Waals surface area contributed by atoms with Crippen LogP contribution in [0.1, 0.15) is 44.6 Å². The fourth-order valence-corrected chi connectivity index (χ4v) is 5.63. The summed E-state index contributed by atoms with van der Waals surface area (Å²) in [5.74, 6) is 0. The van der Waals surface area contributed by atoms with Crippen molar-refractivity contribution in [2.75, 3.05) is 6.54 Å². The lowest BCUT2D eigenvalue weighted by molar-refractivity contribution is 0.330. The standard InChI is InChI=1S/C14H23ClN2O2S2/c1-3-8-16-11-4-6-12(7-5-11)17-21(18,19)13-9-10(2)14(15)20-13/h9,11-12,16-17H,3-8H2,1-2H3. The third-order valence-electron chi connectivity index (χ3n) is 3.83. The van der Waals surface area contributed by atoms with Gasteiger partial charge < -0.3 is 5.32 Å². The Labute approximate surface area is 136 Å². The van der Waals surface area contributed by atoms with Crippen LogP contribution < -0.4 is 10.0 Å². The molecule has 21 heavy (non-hydrogen) atoms. The van der Waals surface area contributed by atoms with E-state index in [-0.39, 0.29) is 6.04 Å². The summed E-state index contributed by atoms with van der Waals surface area (Å²) in [6, 6.07) is 2.21. The number of halogens is 1. The maximum absolute atomic E-state index is 12.3. The number of sulfonamides is 1. The van der Waals surface area contributed by atoms with Gasteiger partial charge in [-0.05, 0) is 57.2 Å². The second kappa shape index (κ2) is 7.42. The van der Waals surface area contributed by atoms with Crippen molar-refractivity contribution in [2.24, 2.45) is 0 Å². The van der Waals surface area contributed by atoms with Crippen molar-refractivity contribution in [3.05, 3.63) is 16.0 Å². The Morgan fingerprint density at radius 2 is 1.90 bits per heavy atom. The second-order valence-corrected chi connectivity index (χ2v) is 9.24. The lowest BCUT2D eigenvalue weighted by atomic mass is 9.92. The zero-order valence-electron chi connectivity index (χ0n) is 12.5. The summed E-state index contributed by atoms with van der Waals surface area (Å²) in [4.78, 5) is 0. The Morgan fingerprint density at radius 3 is 2.43 bits per heavy atom. The number of thiophene rings is 1. The number of nitrogens with one attached hydrogen (secondary N) is 2. The van der Waals surface area contributed by atoms with Crippen LogP contribution in [0.15, 0.2) is 10.3 Å². The Balaban J connectivity index is 1.90. The summed E-state index contributed by atoms with van der Waals surface area (Å²) >= 11 is 7.09. The van der Waals surface area contributed by atoms with Crippen LogP contribution >= 0.6 is 22.9 Å². The van der Waals surface area contributed by atoms with Crippen molar-refractivity contribution >= 4 is 33.0 Å². The number of aryl methyl sites for hydroxylation is 1. The lowest BCUT2D eigenvalue weighted by Crippen LogP contribution is -2.42. The summed E-state index contributed by atoms with van der Waals surface area (Å²) in [7, 11) is -3.43. The first-order valence-electron chi connectivity index (χ1n) is 7.44. The van der Waals surface area contributed by atoms with Gasteiger partial charge in [0.25, 0.3) is 0 Å². The topological polar surface area (TPSA) is 58.2 Å². The first-order valence-corrected chi connectivity index (χ1v) is 10.1. The van der Waals surface area contributed by atoms with E-state index < -0.39 is 10.0 Å². The van der Waals surface area contributed by atoms with Gasteiger partial charge in [-0.15, -0.1) is 11.3 Å². The minimum absolute atomic E-state index is 0.0378. The second-order valence-electron chi connectivity index (χ2n) is 5.65. The number of hydrogen-bond acceptors (Lipinski definition) is 4. The van der Waals surface area contributed by atoms with Gasteiger partial charge in [-0.1, -0.05) is 18.5 Å². The van der Waals surface area contributed by atoms with E-state index in [9.17, 15) is 8.42 Å². The molecule has 0 saturated heterocycles. The van der Waals surface area contributed by atoms with E-state index in [0.29, 0.717) is 14.6 Å². The molecule has 0 bridgehead atoms. The smallest absolute Gasteiger partial charge is 0.250 e. The fraction of sp³-hybridized carbons (Fsp3) is 0.714. The molecule has 2 N–H and O–H groups in total. The third-order valence-corrected chi connectivity index (χ3v) is 7.38. The predicted molar refractivity (Wildman–Crippen MR) is 88.7 cm³/mol. The van der Waals surface area contributed by atoms with Gasteiger partial charge in [0, 0.05) is 12.1 Å². The summed E-state index contributed by atoms with van der Waals surface area (Å²) < 4.78 is 28.4.